The molecule has 0 aliphatic carbocycles. The van der Waals surface area contributed by atoms with Gasteiger partial charge in [0.25, 0.3) is 0 Å². The standard InChI is InChI=1S/C17H24N4O2S2/c1-14-20-15(13-24-14)12-21(3)17(18-2)19-10-7-11-25(22,23)16-8-5-4-6-9-16/h4-6,8-9,13H,7,10-12H2,1-3H3,(H,18,19). The SMILES string of the molecule is CN=C(NCCCS(=O)(=O)c1ccccc1)N(C)Cc1csc(C)n1. The summed E-state index contributed by atoms with van der Waals surface area (Å²) in [6, 6.07) is 8.55. The molecule has 8 heteroatoms. The Bertz CT molecular complexity index is 801. The van der Waals surface area contributed by atoms with Gasteiger partial charge in [-0.15, -0.1) is 11.3 Å². The summed E-state index contributed by atoms with van der Waals surface area (Å²) < 4.78 is 24.5. The molecule has 0 radical (unpaired) electrons. The number of thiazole rings is 1. The van der Waals surface area contributed by atoms with Crippen molar-refractivity contribution in [3.8, 4) is 0 Å². The molecular weight excluding hydrogens is 356 g/mol. The van der Waals surface area contributed by atoms with Gasteiger partial charge < -0.3 is 10.2 Å². The highest BCUT2D eigenvalue weighted by Crippen LogP contribution is 2.11. The van der Waals surface area contributed by atoms with Crippen LogP contribution in [0.25, 0.3) is 0 Å². The van der Waals surface area contributed by atoms with Gasteiger partial charge in [-0.3, -0.25) is 4.99 Å². The van der Waals surface area contributed by atoms with Crippen molar-refractivity contribution in [3.05, 3.63) is 46.4 Å². The molecule has 0 aliphatic heterocycles. The Morgan fingerprint density at radius 1 is 1.32 bits per heavy atom. The molecule has 0 spiro atoms. The average Bonchev–Trinajstić information content (AvgIpc) is 3.00. The zero-order valence-corrected chi connectivity index (χ0v) is 16.4. The molecule has 0 atom stereocenters. The van der Waals surface area contributed by atoms with Gasteiger partial charge in [0, 0.05) is 26.0 Å². The van der Waals surface area contributed by atoms with Crippen molar-refractivity contribution in [3.63, 3.8) is 0 Å². The number of guanidine groups is 1. The first-order valence-corrected chi connectivity index (χ1v) is 10.6. The number of aromatic nitrogens is 1. The number of benzene rings is 1. The summed E-state index contributed by atoms with van der Waals surface area (Å²) in [6.45, 7) is 3.18. The van der Waals surface area contributed by atoms with E-state index in [1.807, 2.05) is 30.3 Å². The Kier molecular flexibility index (Phi) is 6.95. The van der Waals surface area contributed by atoms with Gasteiger partial charge in [0.1, 0.15) is 0 Å². The largest absolute Gasteiger partial charge is 0.356 e. The van der Waals surface area contributed by atoms with Gasteiger partial charge in [-0.25, -0.2) is 13.4 Å². The highest BCUT2D eigenvalue weighted by Gasteiger charge is 2.14. The van der Waals surface area contributed by atoms with Crippen LogP contribution in [0.15, 0.2) is 45.6 Å². The molecule has 25 heavy (non-hydrogen) atoms. The summed E-state index contributed by atoms with van der Waals surface area (Å²) in [5, 5.41) is 6.28. The van der Waals surface area contributed by atoms with Gasteiger partial charge in [-0.1, -0.05) is 18.2 Å². The van der Waals surface area contributed by atoms with Gasteiger partial charge in [-0.2, -0.15) is 0 Å². The van der Waals surface area contributed by atoms with E-state index < -0.39 is 9.84 Å². The van der Waals surface area contributed by atoms with E-state index >= 15 is 0 Å². The zero-order chi connectivity index (χ0) is 18.3. The molecule has 1 heterocycles. The molecular formula is C17H24N4O2S2. The lowest BCUT2D eigenvalue weighted by atomic mass is 10.4. The highest BCUT2D eigenvalue weighted by atomic mass is 32.2. The number of sulfone groups is 1. The summed E-state index contributed by atoms with van der Waals surface area (Å²) in [5.74, 6) is 0.832. The molecule has 2 rings (SSSR count). The number of hydrogen-bond donors (Lipinski definition) is 1. The maximum Gasteiger partial charge on any atom is 0.193 e. The van der Waals surface area contributed by atoms with Gasteiger partial charge in [0.15, 0.2) is 15.8 Å². The number of aryl methyl sites for hydroxylation is 1. The Hall–Kier alpha value is -1.93. The van der Waals surface area contributed by atoms with E-state index in [1.165, 1.54) is 0 Å². The normalized spacial score (nSPS) is 12.2. The predicted molar refractivity (Wildman–Crippen MR) is 103 cm³/mol. The summed E-state index contributed by atoms with van der Waals surface area (Å²) in [6.07, 6.45) is 0.514. The van der Waals surface area contributed by atoms with E-state index in [2.05, 4.69) is 15.3 Å². The molecule has 0 unspecified atom stereocenters. The van der Waals surface area contributed by atoms with Crippen LogP contribution in [-0.2, 0) is 16.4 Å². The van der Waals surface area contributed by atoms with Crippen molar-refractivity contribution >= 4 is 27.1 Å². The first-order chi connectivity index (χ1) is 11.9. The van der Waals surface area contributed by atoms with Crippen molar-refractivity contribution in [2.45, 2.75) is 24.8 Å². The Morgan fingerprint density at radius 2 is 2.04 bits per heavy atom. The minimum absolute atomic E-state index is 0.107. The third kappa shape index (κ3) is 5.82. The van der Waals surface area contributed by atoms with Crippen LogP contribution in [0.5, 0.6) is 0 Å². The second-order valence-electron chi connectivity index (χ2n) is 5.67. The molecule has 1 aromatic carbocycles. The summed E-state index contributed by atoms with van der Waals surface area (Å²) in [5.41, 5.74) is 1.000. The van der Waals surface area contributed by atoms with Gasteiger partial charge in [0.05, 0.1) is 27.9 Å². The van der Waals surface area contributed by atoms with Crippen molar-refractivity contribution in [2.24, 2.45) is 4.99 Å². The van der Waals surface area contributed by atoms with Gasteiger partial charge >= 0.3 is 0 Å². The van der Waals surface area contributed by atoms with E-state index in [0.29, 0.717) is 24.4 Å². The third-order valence-electron chi connectivity index (χ3n) is 3.61. The van der Waals surface area contributed by atoms with E-state index in [4.69, 9.17) is 0 Å². The molecule has 2 aromatic rings. The first kappa shape index (κ1) is 19.4. The van der Waals surface area contributed by atoms with Crippen molar-refractivity contribution in [1.82, 2.24) is 15.2 Å². The molecule has 0 amide bonds. The summed E-state index contributed by atoms with van der Waals surface area (Å²) in [7, 11) is 0.416. The predicted octanol–water partition coefficient (Wildman–Crippen LogP) is 2.32. The molecule has 1 aromatic heterocycles. The van der Waals surface area contributed by atoms with Gasteiger partial charge in [0.2, 0.25) is 0 Å². The lowest BCUT2D eigenvalue weighted by Crippen LogP contribution is -2.39. The van der Waals surface area contributed by atoms with Crippen molar-refractivity contribution in [1.29, 1.82) is 0 Å². The number of rotatable bonds is 7. The quantitative estimate of drug-likeness (QED) is 0.453. The molecule has 0 aliphatic rings. The fraction of sp³-hybridized carbons (Fsp3) is 0.412. The fourth-order valence-electron chi connectivity index (χ4n) is 2.39. The monoisotopic (exact) mass is 380 g/mol. The smallest absolute Gasteiger partial charge is 0.193 e. The van der Waals surface area contributed by atoms with Gasteiger partial charge in [-0.05, 0) is 25.5 Å². The number of nitrogens with one attached hydrogen (secondary N) is 1. The maximum absolute atomic E-state index is 12.2. The van der Waals surface area contributed by atoms with Crippen LogP contribution in [0.3, 0.4) is 0 Å². The molecule has 0 saturated heterocycles. The minimum Gasteiger partial charge on any atom is -0.356 e. The van der Waals surface area contributed by atoms with Crippen LogP contribution in [0.4, 0.5) is 0 Å². The number of aliphatic imine (C=N–C) groups is 1. The lowest BCUT2D eigenvalue weighted by Gasteiger charge is -2.21. The zero-order valence-electron chi connectivity index (χ0n) is 14.8. The van der Waals surface area contributed by atoms with Crippen LogP contribution in [-0.4, -0.2) is 50.7 Å². The van der Waals surface area contributed by atoms with E-state index in [-0.39, 0.29) is 5.75 Å². The van der Waals surface area contributed by atoms with Crippen LogP contribution < -0.4 is 5.32 Å². The summed E-state index contributed by atoms with van der Waals surface area (Å²) >= 11 is 1.62. The second-order valence-corrected chi connectivity index (χ2v) is 8.84. The van der Waals surface area contributed by atoms with E-state index in [1.54, 1.807) is 42.6 Å². The molecule has 136 valence electrons. The summed E-state index contributed by atoms with van der Waals surface area (Å²) in [4.78, 5) is 11.0. The molecule has 6 nitrogen and oxygen atoms in total. The molecule has 1 N–H and O–H groups in total. The van der Waals surface area contributed by atoms with Crippen LogP contribution in [0.1, 0.15) is 17.1 Å². The number of nitrogens with zero attached hydrogens (tertiary/aromatic N) is 3. The minimum atomic E-state index is -3.23. The third-order valence-corrected chi connectivity index (χ3v) is 6.25. The van der Waals surface area contributed by atoms with Crippen LogP contribution in [0.2, 0.25) is 0 Å². The Morgan fingerprint density at radius 3 is 2.64 bits per heavy atom. The van der Waals surface area contributed by atoms with Crippen molar-refractivity contribution in [2.75, 3.05) is 26.4 Å². The fourth-order valence-corrected chi connectivity index (χ4v) is 4.33. The highest BCUT2D eigenvalue weighted by molar-refractivity contribution is 7.91. The van der Waals surface area contributed by atoms with Crippen molar-refractivity contribution < 1.29 is 8.42 Å². The Labute approximate surface area is 153 Å². The molecule has 0 bridgehead atoms. The first-order valence-electron chi connectivity index (χ1n) is 8.03. The molecule has 0 saturated carbocycles. The maximum atomic E-state index is 12.2. The molecule has 0 fully saturated rings. The van der Waals surface area contributed by atoms with E-state index in [0.717, 1.165) is 16.7 Å². The second kappa shape index (κ2) is 8.96. The topological polar surface area (TPSA) is 74.7 Å². The lowest BCUT2D eigenvalue weighted by molar-refractivity contribution is 0.470. The van der Waals surface area contributed by atoms with Crippen LogP contribution >= 0.6 is 11.3 Å². The Balaban J connectivity index is 1.81. The number of hydrogen-bond acceptors (Lipinski definition) is 5. The van der Waals surface area contributed by atoms with E-state index in [9.17, 15) is 8.42 Å². The van der Waals surface area contributed by atoms with Crippen LogP contribution in [0, 0.1) is 6.92 Å². The average molecular weight is 381 g/mol.